The van der Waals surface area contributed by atoms with Gasteiger partial charge in [0.05, 0.1) is 30.5 Å². The summed E-state index contributed by atoms with van der Waals surface area (Å²) in [5.74, 6) is -0.0279. The maximum Gasteiger partial charge on any atom is 0.266 e. The van der Waals surface area contributed by atoms with Crippen molar-refractivity contribution >= 4 is 44.8 Å². The second-order valence-corrected chi connectivity index (χ2v) is 9.67. The Labute approximate surface area is 192 Å². The van der Waals surface area contributed by atoms with E-state index in [4.69, 9.17) is 32.7 Å². The second-order valence-electron chi connectivity index (χ2n) is 7.00. The molecule has 0 aromatic heterocycles. The lowest BCUT2D eigenvalue weighted by atomic mass is 10.2. The molecule has 1 heterocycles. The molecule has 1 unspecified atom stereocenters. The molecule has 3 rings (SSSR count). The molecule has 1 atom stereocenters. The van der Waals surface area contributed by atoms with Crippen LogP contribution in [0.5, 0.6) is 5.75 Å². The number of carbonyl (C=O) groups is 1. The molecule has 2 aromatic carbocycles. The number of methoxy groups -OCH3 is 1. The fourth-order valence-electron chi connectivity index (χ4n) is 3.34. The van der Waals surface area contributed by atoms with E-state index < -0.39 is 16.6 Å². The molecule has 0 bridgehead atoms. The highest BCUT2D eigenvalue weighted by Gasteiger charge is 2.33. The molecule has 10 heteroatoms. The van der Waals surface area contributed by atoms with E-state index in [-0.39, 0.29) is 32.6 Å². The third-order valence-corrected chi connectivity index (χ3v) is 7.52. The van der Waals surface area contributed by atoms with Crippen molar-refractivity contribution in [3.8, 4) is 5.75 Å². The molecule has 2 aromatic rings. The van der Waals surface area contributed by atoms with E-state index in [1.54, 1.807) is 29.2 Å². The molecule has 31 heavy (non-hydrogen) atoms. The average Bonchev–Trinajstić information content (AvgIpc) is 2.78. The van der Waals surface area contributed by atoms with Crippen LogP contribution in [-0.2, 0) is 19.6 Å². The van der Waals surface area contributed by atoms with Gasteiger partial charge in [0.15, 0.2) is 0 Å². The first-order valence-electron chi connectivity index (χ1n) is 9.78. The van der Waals surface area contributed by atoms with E-state index >= 15 is 0 Å². The monoisotopic (exact) mass is 486 g/mol. The zero-order chi connectivity index (χ0) is 22.6. The number of rotatable bonds is 7. The Kier molecular flexibility index (Phi) is 7.69. The van der Waals surface area contributed by atoms with Crippen LogP contribution in [0, 0.1) is 0 Å². The molecule has 0 spiro atoms. The van der Waals surface area contributed by atoms with Crippen molar-refractivity contribution in [2.45, 2.75) is 24.3 Å². The fourth-order valence-corrected chi connectivity index (χ4v) is 5.51. The second kappa shape index (κ2) is 10.1. The summed E-state index contributed by atoms with van der Waals surface area (Å²) in [6, 6.07) is 10.8. The molecule has 1 amide bonds. The number of morpholine rings is 1. The van der Waals surface area contributed by atoms with Gasteiger partial charge in [-0.2, -0.15) is 0 Å². The van der Waals surface area contributed by atoms with E-state index in [0.29, 0.717) is 25.4 Å². The van der Waals surface area contributed by atoms with E-state index in [1.807, 2.05) is 6.92 Å². The number of halogens is 2. The first kappa shape index (κ1) is 23.7. The molecule has 168 valence electrons. The molecular formula is C21H24Cl2N2O5S. The third kappa shape index (κ3) is 5.26. The smallest absolute Gasteiger partial charge is 0.266 e. The lowest BCUT2D eigenvalue weighted by Gasteiger charge is -2.34. The summed E-state index contributed by atoms with van der Waals surface area (Å²) in [7, 11) is -2.80. The summed E-state index contributed by atoms with van der Waals surface area (Å²) in [5.41, 5.74) is 0.231. The van der Waals surface area contributed by atoms with Crippen LogP contribution in [-0.4, -0.2) is 58.7 Å². The van der Waals surface area contributed by atoms with E-state index in [1.165, 1.54) is 25.3 Å². The first-order valence-corrected chi connectivity index (χ1v) is 12.0. The topological polar surface area (TPSA) is 76.2 Å². The van der Waals surface area contributed by atoms with Crippen LogP contribution in [0.3, 0.4) is 0 Å². The van der Waals surface area contributed by atoms with Gasteiger partial charge in [-0.1, -0.05) is 42.3 Å². The van der Waals surface area contributed by atoms with Gasteiger partial charge in [-0.05, 0) is 36.8 Å². The van der Waals surface area contributed by atoms with Gasteiger partial charge in [-0.25, -0.2) is 8.42 Å². The van der Waals surface area contributed by atoms with Gasteiger partial charge in [0, 0.05) is 18.1 Å². The highest BCUT2D eigenvalue weighted by atomic mass is 35.5. The number of hydrogen-bond donors (Lipinski definition) is 0. The highest BCUT2D eigenvalue weighted by Crippen LogP contribution is 2.35. The summed E-state index contributed by atoms with van der Waals surface area (Å²) >= 11 is 12.2. The largest absolute Gasteiger partial charge is 0.495 e. The normalized spacial score (nSPS) is 16.8. The molecule has 7 nitrogen and oxygen atoms in total. The SMILES string of the molecule is CCC1CN(C(=O)CN(c2ccccc2OC)S(=O)(=O)c2cc(Cl)ccc2Cl)CCO1. The van der Waals surface area contributed by atoms with Crippen LogP contribution < -0.4 is 9.04 Å². The molecule has 0 aliphatic carbocycles. The van der Waals surface area contributed by atoms with Crippen molar-refractivity contribution in [2.24, 2.45) is 0 Å². The zero-order valence-corrected chi connectivity index (χ0v) is 19.6. The predicted octanol–water partition coefficient (Wildman–Crippen LogP) is 3.83. The number of hydrogen-bond acceptors (Lipinski definition) is 5. The summed E-state index contributed by atoms with van der Waals surface area (Å²) in [6.07, 6.45) is 0.688. The Morgan fingerprint density at radius 3 is 2.71 bits per heavy atom. The molecule has 1 fully saturated rings. The molecule has 1 aliphatic heterocycles. The van der Waals surface area contributed by atoms with Crippen LogP contribution in [0.15, 0.2) is 47.4 Å². The highest BCUT2D eigenvalue weighted by molar-refractivity contribution is 7.93. The zero-order valence-electron chi connectivity index (χ0n) is 17.3. The molecule has 1 saturated heterocycles. The van der Waals surface area contributed by atoms with Gasteiger partial charge < -0.3 is 14.4 Å². The van der Waals surface area contributed by atoms with Gasteiger partial charge in [-0.15, -0.1) is 0 Å². The maximum atomic E-state index is 13.6. The Hall–Kier alpha value is -2.00. The number of benzene rings is 2. The minimum Gasteiger partial charge on any atom is -0.495 e. The predicted molar refractivity (Wildman–Crippen MR) is 121 cm³/mol. The summed E-state index contributed by atoms with van der Waals surface area (Å²) in [4.78, 5) is 14.6. The quantitative estimate of drug-likeness (QED) is 0.594. The number of carbonyl (C=O) groups excluding carboxylic acids is 1. The van der Waals surface area contributed by atoms with Crippen LogP contribution in [0.2, 0.25) is 10.0 Å². The maximum absolute atomic E-state index is 13.6. The van der Waals surface area contributed by atoms with Crippen LogP contribution in [0.4, 0.5) is 5.69 Å². The van der Waals surface area contributed by atoms with Gasteiger partial charge in [0.25, 0.3) is 10.0 Å². The summed E-state index contributed by atoms with van der Waals surface area (Å²) < 4.78 is 39.3. The van der Waals surface area contributed by atoms with Gasteiger partial charge in [0.2, 0.25) is 5.91 Å². The van der Waals surface area contributed by atoms with Crippen LogP contribution in [0.1, 0.15) is 13.3 Å². The minimum atomic E-state index is -4.23. The molecule has 1 aliphatic rings. The van der Waals surface area contributed by atoms with Crippen molar-refractivity contribution in [2.75, 3.05) is 37.7 Å². The summed E-state index contributed by atoms with van der Waals surface area (Å²) in [6.45, 7) is 2.78. The Bertz CT molecular complexity index is 1050. The van der Waals surface area contributed by atoms with Crippen molar-refractivity contribution in [1.82, 2.24) is 4.90 Å². The number of ether oxygens (including phenoxy) is 2. The standard InChI is InChI=1S/C21H24Cl2N2O5S/c1-3-16-13-24(10-11-30-16)21(26)14-25(18-6-4-5-7-19(18)29-2)31(27,28)20-12-15(22)8-9-17(20)23/h4-9,12,16H,3,10-11,13-14H2,1-2H3. The van der Waals surface area contributed by atoms with E-state index in [0.717, 1.165) is 10.7 Å². The van der Waals surface area contributed by atoms with Gasteiger partial charge in [0.1, 0.15) is 17.2 Å². The molecule has 0 N–H and O–H groups in total. The van der Waals surface area contributed by atoms with Gasteiger partial charge >= 0.3 is 0 Å². The van der Waals surface area contributed by atoms with Crippen LogP contribution in [0.25, 0.3) is 0 Å². The summed E-state index contributed by atoms with van der Waals surface area (Å²) in [5, 5.41) is 0.224. The molecule has 0 radical (unpaired) electrons. The average molecular weight is 487 g/mol. The lowest BCUT2D eigenvalue weighted by molar-refractivity contribution is -0.137. The van der Waals surface area contributed by atoms with Crippen molar-refractivity contribution in [3.63, 3.8) is 0 Å². The van der Waals surface area contributed by atoms with Gasteiger partial charge in [-0.3, -0.25) is 9.10 Å². The fraction of sp³-hybridized carbons (Fsp3) is 0.381. The Morgan fingerprint density at radius 2 is 2.00 bits per heavy atom. The number of sulfonamides is 1. The van der Waals surface area contributed by atoms with Crippen molar-refractivity contribution < 1.29 is 22.7 Å². The van der Waals surface area contributed by atoms with Crippen molar-refractivity contribution in [1.29, 1.82) is 0 Å². The lowest BCUT2D eigenvalue weighted by Crippen LogP contribution is -2.50. The molecular weight excluding hydrogens is 463 g/mol. The number of nitrogens with zero attached hydrogens (tertiary/aromatic N) is 2. The number of anilines is 1. The number of para-hydroxylation sites is 2. The van der Waals surface area contributed by atoms with Crippen LogP contribution >= 0.6 is 23.2 Å². The molecule has 0 saturated carbocycles. The number of amides is 1. The first-order chi connectivity index (χ1) is 14.8. The Balaban J connectivity index is 2.03. The van der Waals surface area contributed by atoms with E-state index in [2.05, 4.69) is 0 Å². The Morgan fingerprint density at radius 1 is 1.26 bits per heavy atom. The van der Waals surface area contributed by atoms with Crippen molar-refractivity contribution in [3.05, 3.63) is 52.5 Å². The minimum absolute atomic E-state index is 0.00849. The van der Waals surface area contributed by atoms with E-state index in [9.17, 15) is 13.2 Å². The third-order valence-electron chi connectivity index (χ3n) is 5.04.